The van der Waals surface area contributed by atoms with Gasteiger partial charge in [-0.25, -0.2) is 8.42 Å². The molecule has 2 saturated heterocycles. The summed E-state index contributed by atoms with van der Waals surface area (Å²) < 4.78 is 37.9. The molecule has 0 unspecified atom stereocenters. The number of amides is 2. The molecular formula is C25H32N4O6S2. The van der Waals surface area contributed by atoms with Crippen LogP contribution in [0.5, 0.6) is 0 Å². The fraction of sp³-hybridized carbons (Fsp3) is 0.520. The molecule has 1 N–H and O–H groups in total. The van der Waals surface area contributed by atoms with E-state index in [1.807, 2.05) is 0 Å². The van der Waals surface area contributed by atoms with Crippen LogP contribution in [0.3, 0.4) is 0 Å². The zero-order valence-corrected chi connectivity index (χ0v) is 22.5. The van der Waals surface area contributed by atoms with Crippen LogP contribution in [0.1, 0.15) is 38.1 Å². The standard InChI is InChI=1S/C25H32N4O6S2/c1-2-27-8-7-20-21(17-27)36-24(22(20)25(31)28-9-13-34-14-10-28)26-23(30)18-3-5-19(6-4-18)37(32,33)29-11-15-35-16-12-29/h3-6H,2,7-17H2,1H3,(H,26,30). The van der Waals surface area contributed by atoms with E-state index in [0.717, 1.165) is 36.5 Å². The molecule has 2 amide bonds. The van der Waals surface area contributed by atoms with E-state index in [4.69, 9.17) is 9.47 Å². The first kappa shape index (κ1) is 26.3. The van der Waals surface area contributed by atoms with Gasteiger partial charge in [-0.15, -0.1) is 11.3 Å². The Morgan fingerprint density at radius 2 is 1.62 bits per heavy atom. The van der Waals surface area contributed by atoms with Crippen molar-refractivity contribution < 1.29 is 27.5 Å². The molecule has 2 aromatic rings. The molecule has 0 atom stereocenters. The minimum Gasteiger partial charge on any atom is -0.379 e. The summed E-state index contributed by atoms with van der Waals surface area (Å²) >= 11 is 1.46. The van der Waals surface area contributed by atoms with E-state index in [0.29, 0.717) is 68.7 Å². The maximum atomic E-state index is 13.6. The molecule has 200 valence electrons. The quantitative estimate of drug-likeness (QED) is 0.587. The minimum atomic E-state index is -3.65. The average molecular weight is 549 g/mol. The van der Waals surface area contributed by atoms with Crippen LogP contribution < -0.4 is 5.32 Å². The maximum absolute atomic E-state index is 13.6. The lowest BCUT2D eigenvalue weighted by Crippen LogP contribution is -2.41. The number of rotatable bonds is 6. The molecule has 0 aliphatic carbocycles. The average Bonchev–Trinajstić information content (AvgIpc) is 3.30. The number of hydrogen-bond acceptors (Lipinski definition) is 8. The molecule has 0 bridgehead atoms. The summed E-state index contributed by atoms with van der Waals surface area (Å²) in [5.41, 5.74) is 1.93. The van der Waals surface area contributed by atoms with Gasteiger partial charge in [-0.3, -0.25) is 14.5 Å². The lowest BCUT2D eigenvalue weighted by Gasteiger charge is -2.29. The minimum absolute atomic E-state index is 0.0759. The summed E-state index contributed by atoms with van der Waals surface area (Å²) in [4.78, 5) is 32.1. The predicted molar refractivity (Wildman–Crippen MR) is 140 cm³/mol. The Morgan fingerprint density at radius 3 is 2.27 bits per heavy atom. The van der Waals surface area contributed by atoms with Crippen molar-refractivity contribution in [3.05, 3.63) is 45.8 Å². The van der Waals surface area contributed by atoms with Gasteiger partial charge in [0.15, 0.2) is 0 Å². The van der Waals surface area contributed by atoms with Gasteiger partial charge >= 0.3 is 0 Å². The highest BCUT2D eigenvalue weighted by Gasteiger charge is 2.32. The Balaban J connectivity index is 1.38. The third-order valence-electron chi connectivity index (χ3n) is 7.05. The van der Waals surface area contributed by atoms with Gasteiger partial charge < -0.3 is 19.7 Å². The molecule has 37 heavy (non-hydrogen) atoms. The Morgan fingerprint density at radius 1 is 0.973 bits per heavy atom. The molecule has 0 radical (unpaired) electrons. The van der Waals surface area contributed by atoms with Crippen molar-refractivity contribution in [3.8, 4) is 0 Å². The first-order valence-electron chi connectivity index (χ1n) is 12.6. The lowest BCUT2D eigenvalue weighted by atomic mass is 10.0. The van der Waals surface area contributed by atoms with Crippen LogP contribution >= 0.6 is 11.3 Å². The van der Waals surface area contributed by atoms with Gasteiger partial charge in [0.1, 0.15) is 5.00 Å². The lowest BCUT2D eigenvalue weighted by molar-refractivity contribution is 0.0303. The monoisotopic (exact) mass is 548 g/mol. The van der Waals surface area contributed by atoms with Gasteiger partial charge in [0, 0.05) is 49.7 Å². The number of sulfonamides is 1. The Bertz CT molecular complexity index is 1250. The van der Waals surface area contributed by atoms with Crippen LogP contribution in [0.15, 0.2) is 29.2 Å². The van der Waals surface area contributed by atoms with E-state index in [1.165, 1.54) is 39.9 Å². The summed E-state index contributed by atoms with van der Waals surface area (Å²) in [6.07, 6.45) is 0.759. The number of anilines is 1. The fourth-order valence-corrected chi connectivity index (χ4v) is 7.54. The fourth-order valence-electron chi connectivity index (χ4n) is 4.85. The van der Waals surface area contributed by atoms with Crippen LogP contribution in [0.4, 0.5) is 5.00 Å². The van der Waals surface area contributed by atoms with E-state index in [9.17, 15) is 18.0 Å². The van der Waals surface area contributed by atoms with E-state index >= 15 is 0 Å². The number of nitrogens with one attached hydrogen (secondary N) is 1. The SMILES string of the molecule is CCN1CCc2c(sc(NC(=O)c3ccc(S(=O)(=O)N4CCOCC4)cc3)c2C(=O)N2CCOCC2)C1. The van der Waals surface area contributed by atoms with Gasteiger partial charge in [0.2, 0.25) is 10.0 Å². The van der Waals surface area contributed by atoms with E-state index in [-0.39, 0.29) is 16.7 Å². The zero-order chi connectivity index (χ0) is 26.0. The molecular weight excluding hydrogens is 516 g/mol. The molecule has 5 rings (SSSR count). The molecule has 1 aromatic heterocycles. The summed E-state index contributed by atoms with van der Waals surface area (Å²) in [6, 6.07) is 5.94. The third-order valence-corrected chi connectivity index (χ3v) is 10.1. The Labute approximate surface area is 221 Å². The zero-order valence-electron chi connectivity index (χ0n) is 20.9. The van der Waals surface area contributed by atoms with E-state index < -0.39 is 10.0 Å². The second kappa shape index (κ2) is 11.2. The van der Waals surface area contributed by atoms with Gasteiger partial charge in [0.05, 0.1) is 36.9 Å². The largest absolute Gasteiger partial charge is 0.379 e. The second-order valence-corrected chi connectivity index (χ2v) is 12.3. The number of nitrogens with zero attached hydrogens (tertiary/aromatic N) is 3. The van der Waals surface area contributed by atoms with E-state index in [1.54, 1.807) is 4.90 Å². The van der Waals surface area contributed by atoms with Crippen molar-refractivity contribution in [1.29, 1.82) is 0 Å². The summed E-state index contributed by atoms with van der Waals surface area (Å²) in [5.74, 6) is -0.453. The van der Waals surface area contributed by atoms with Crippen molar-refractivity contribution in [1.82, 2.24) is 14.1 Å². The molecule has 10 nitrogen and oxygen atoms in total. The van der Waals surface area contributed by atoms with Crippen molar-refractivity contribution >= 4 is 38.2 Å². The van der Waals surface area contributed by atoms with Crippen LogP contribution in [0.25, 0.3) is 0 Å². The van der Waals surface area contributed by atoms with Crippen LogP contribution in [0, 0.1) is 0 Å². The van der Waals surface area contributed by atoms with Crippen molar-refractivity contribution in [2.45, 2.75) is 24.8 Å². The number of morpholine rings is 2. The molecule has 0 saturated carbocycles. The van der Waals surface area contributed by atoms with Gasteiger partial charge in [0.25, 0.3) is 11.8 Å². The Kier molecular flexibility index (Phi) is 7.93. The highest BCUT2D eigenvalue weighted by Crippen LogP contribution is 2.38. The molecule has 1 aromatic carbocycles. The molecule has 12 heteroatoms. The topological polar surface area (TPSA) is 108 Å². The summed E-state index contributed by atoms with van der Waals surface area (Å²) in [6.45, 7) is 8.07. The normalized spacial score (nSPS) is 19.4. The van der Waals surface area contributed by atoms with Crippen LogP contribution in [-0.4, -0.2) is 100 Å². The number of hydrogen-bond donors (Lipinski definition) is 1. The Hall–Kier alpha value is -2.35. The molecule has 4 heterocycles. The van der Waals surface area contributed by atoms with Gasteiger partial charge in [-0.1, -0.05) is 6.92 Å². The first-order valence-corrected chi connectivity index (χ1v) is 14.9. The number of ether oxygens (including phenoxy) is 2. The van der Waals surface area contributed by atoms with Crippen molar-refractivity contribution in [2.24, 2.45) is 0 Å². The molecule has 2 fully saturated rings. The van der Waals surface area contributed by atoms with Gasteiger partial charge in [-0.2, -0.15) is 4.31 Å². The number of carbonyl (C=O) groups is 2. The molecule has 3 aliphatic rings. The highest BCUT2D eigenvalue weighted by molar-refractivity contribution is 7.89. The first-order chi connectivity index (χ1) is 17.9. The summed E-state index contributed by atoms with van der Waals surface area (Å²) in [5, 5.41) is 3.51. The van der Waals surface area contributed by atoms with Crippen LogP contribution in [-0.2, 0) is 32.5 Å². The number of likely N-dealkylation sites (N-methyl/N-ethyl adjacent to an activating group) is 1. The van der Waals surface area contributed by atoms with E-state index in [2.05, 4.69) is 17.1 Å². The predicted octanol–water partition coefficient (Wildman–Crippen LogP) is 1.87. The number of thiophene rings is 1. The maximum Gasteiger partial charge on any atom is 0.257 e. The number of carbonyl (C=O) groups excluding carboxylic acids is 2. The number of fused-ring (bicyclic) bond motifs is 1. The smallest absolute Gasteiger partial charge is 0.257 e. The van der Waals surface area contributed by atoms with Crippen molar-refractivity contribution in [3.63, 3.8) is 0 Å². The number of benzene rings is 1. The third kappa shape index (κ3) is 5.45. The molecule has 3 aliphatic heterocycles. The molecule has 0 spiro atoms. The summed E-state index contributed by atoms with van der Waals surface area (Å²) in [7, 11) is -3.65. The second-order valence-electron chi connectivity index (χ2n) is 9.23. The van der Waals surface area contributed by atoms with Gasteiger partial charge in [-0.05, 0) is 42.8 Å². The van der Waals surface area contributed by atoms with Crippen molar-refractivity contribution in [2.75, 3.05) is 71.0 Å². The highest BCUT2D eigenvalue weighted by atomic mass is 32.2. The van der Waals surface area contributed by atoms with Crippen LogP contribution in [0.2, 0.25) is 0 Å².